The number of Topliss-reactive ketones (excluding diaryl/α,β-unsaturated/α-hetero) is 1. The highest BCUT2D eigenvalue weighted by atomic mass is 16.5. The molecule has 3 nitrogen and oxygen atoms in total. The Bertz CT molecular complexity index is 705. The van der Waals surface area contributed by atoms with Gasteiger partial charge in [-0.15, -0.1) is 0 Å². The predicted molar refractivity (Wildman–Crippen MR) is 98.9 cm³/mol. The summed E-state index contributed by atoms with van der Waals surface area (Å²) in [5.41, 5.74) is 3.19. The normalized spacial score (nSPS) is 31.4. The molecule has 0 radical (unpaired) electrons. The van der Waals surface area contributed by atoms with Crippen molar-refractivity contribution in [3.8, 4) is 0 Å². The average molecular weight is 342 g/mol. The molecule has 2 aliphatic carbocycles. The summed E-state index contributed by atoms with van der Waals surface area (Å²) in [6.45, 7) is 10.7. The molecule has 0 bridgehead atoms. The van der Waals surface area contributed by atoms with Gasteiger partial charge in [0.1, 0.15) is 0 Å². The van der Waals surface area contributed by atoms with Crippen molar-refractivity contribution in [1.29, 1.82) is 0 Å². The first-order valence-corrected chi connectivity index (χ1v) is 9.48. The summed E-state index contributed by atoms with van der Waals surface area (Å²) in [4.78, 5) is 24.3. The molecular formula is C22H30O3. The maximum atomic E-state index is 13.0. The minimum atomic E-state index is -0.238. The Labute approximate surface area is 151 Å². The molecule has 3 rings (SSSR count). The van der Waals surface area contributed by atoms with Crippen LogP contribution in [0.1, 0.15) is 87.7 Å². The highest BCUT2D eigenvalue weighted by molar-refractivity contribution is 5.99. The number of carbonyl (C=O) groups is 2. The molecule has 1 saturated carbocycles. The van der Waals surface area contributed by atoms with Crippen LogP contribution in [0.2, 0.25) is 0 Å². The first kappa shape index (κ1) is 18.2. The maximum Gasteiger partial charge on any atom is 0.302 e. The smallest absolute Gasteiger partial charge is 0.302 e. The number of ketones is 1. The van der Waals surface area contributed by atoms with Crippen LogP contribution in [0.25, 0.3) is 0 Å². The van der Waals surface area contributed by atoms with Crippen LogP contribution in [-0.4, -0.2) is 18.4 Å². The number of carbonyl (C=O) groups excluding carboxylic acids is 2. The largest absolute Gasteiger partial charge is 0.465 e. The molecule has 3 atom stereocenters. The Morgan fingerprint density at radius 1 is 1.28 bits per heavy atom. The molecule has 0 aromatic heterocycles. The first-order chi connectivity index (χ1) is 11.7. The van der Waals surface area contributed by atoms with E-state index in [2.05, 4.69) is 45.9 Å². The third-order valence-electron chi connectivity index (χ3n) is 6.68. The molecule has 0 spiro atoms. The lowest BCUT2D eigenvalue weighted by Gasteiger charge is -2.54. The standard InChI is InChI=1S/C22H30O3/c1-14(2)16-7-8-18-17(11-16)19(24)12-20-21(4,13-25-15(3)23)9-6-10-22(18,20)5/h7-8,11,14,20H,6,9-10,12-13H2,1-5H3/t20-,21+,22-/m1/s1. The Balaban J connectivity index is 2.03. The number of rotatable bonds is 3. The summed E-state index contributed by atoms with van der Waals surface area (Å²) in [5, 5.41) is 0. The third kappa shape index (κ3) is 3.02. The summed E-state index contributed by atoms with van der Waals surface area (Å²) in [6.07, 6.45) is 3.76. The highest BCUT2D eigenvalue weighted by Crippen LogP contribution is 2.57. The fourth-order valence-corrected chi connectivity index (χ4v) is 5.16. The lowest BCUT2D eigenvalue weighted by Crippen LogP contribution is -2.52. The van der Waals surface area contributed by atoms with E-state index in [0.717, 1.165) is 24.8 Å². The van der Waals surface area contributed by atoms with Crippen molar-refractivity contribution in [3.05, 3.63) is 34.9 Å². The van der Waals surface area contributed by atoms with Gasteiger partial charge in [0.05, 0.1) is 6.61 Å². The zero-order valence-electron chi connectivity index (χ0n) is 16.1. The van der Waals surface area contributed by atoms with Crippen molar-refractivity contribution in [2.75, 3.05) is 6.61 Å². The molecule has 1 aromatic rings. The lowest BCUT2D eigenvalue weighted by atomic mass is 9.49. The van der Waals surface area contributed by atoms with E-state index in [1.54, 1.807) is 0 Å². The summed E-state index contributed by atoms with van der Waals surface area (Å²) in [5.74, 6) is 0.649. The van der Waals surface area contributed by atoms with E-state index in [9.17, 15) is 9.59 Å². The van der Waals surface area contributed by atoms with Crippen LogP contribution in [0.4, 0.5) is 0 Å². The second-order valence-electron chi connectivity index (χ2n) is 8.84. The lowest BCUT2D eigenvalue weighted by molar-refractivity contribution is -0.148. The molecule has 25 heavy (non-hydrogen) atoms. The van der Waals surface area contributed by atoms with E-state index < -0.39 is 0 Å². The highest BCUT2D eigenvalue weighted by Gasteiger charge is 2.54. The van der Waals surface area contributed by atoms with Gasteiger partial charge >= 0.3 is 5.97 Å². The topological polar surface area (TPSA) is 43.4 Å². The van der Waals surface area contributed by atoms with Gasteiger partial charge in [-0.3, -0.25) is 9.59 Å². The molecule has 0 unspecified atom stereocenters. The van der Waals surface area contributed by atoms with Gasteiger partial charge in [0.2, 0.25) is 0 Å². The van der Waals surface area contributed by atoms with E-state index in [-0.39, 0.29) is 28.5 Å². The van der Waals surface area contributed by atoms with Crippen molar-refractivity contribution in [2.24, 2.45) is 11.3 Å². The maximum absolute atomic E-state index is 13.0. The van der Waals surface area contributed by atoms with Crippen molar-refractivity contribution < 1.29 is 14.3 Å². The van der Waals surface area contributed by atoms with Crippen LogP contribution in [-0.2, 0) is 14.9 Å². The molecular weight excluding hydrogens is 312 g/mol. The van der Waals surface area contributed by atoms with Crippen LogP contribution in [0.3, 0.4) is 0 Å². The van der Waals surface area contributed by atoms with Crippen LogP contribution in [0.15, 0.2) is 18.2 Å². The van der Waals surface area contributed by atoms with Gasteiger partial charge in [-0.1, -0.05) is 46.2 Å². The Morgan fingerprint density at radius 3 is 2.64 bits per heavy atom. The number of benzene rings is 1. The first-order valence-electron chi connectivity index (χ1n) is 9.48. The van der Waals surface area contributed by atoms with Gasteiger partial charge in [0.25, 0.3) is 0 Å². The zero-order valence-corrected chi connectivity index (χ0v) is 16.1. The summed E-state index contributed by atoms with van der Waals surface area (Å²) in [6, 6.07) is 6.48. The minimum Gasteiger partial charge on any atom is -0.465 e. The van der Waals surface area contributed by atoms with Crippen LogP contribution >= 0.6 is 0 Å². The molecule has 0 saturated heterocycles. The van der Waals surface area contributed by atoms with Crippen LogP contribution in [0.5, 0.6) is 0 Å². The van der Waals surface area contributed by atoms with E-state index >= 15 is 0 Å². The van der Waals surface area contributed by atoms with E-state index in [0.29, 0.717) is 18.9 Å². The monoisotopic (exact) mass is 342 g/mol. The second kappa shape index (κ2) is 6.26. The second-order valence-corrected chi connectivity index (χ2v) is 8.84. The number of fused-ring (bicyclic) bond motifs is 3. The fourth-order valence-electron chi connectivity index (χ4n) is 5.16. The molecule has 2 aliphatic rings. The molecule has 3 heteroatoms. The van der Waals surface area contributed by atoms with Crippen LogP contribution in [0, 0.1) is 11.3 Å². The molecule has 0 heterocycles. The van der Waals surface area contributed by atoms with Crippen LogP contribution < -0.4 is 0 Å². The van der Waals surface area contributed by atoms with Gasteiger partial charge in [0.15, 0.2) is 5.78 Å². The third-order valence-corrected chi connectivity index (χ3v) is 6.68. The zero-order chi connectivity index (χ0) is 18.4. The molecule has 0 N–H and O–H groups in total. The summed E-state index contributed by atoms with van der Waals surface area (Å²) >= 11 is 0. The van der Waals surface area contributed by atoms with Crippen molar-refractivity contribution >= 4 is 11.8 Å². The van der Waals surface area contributed by atoms with Gasteiger partial charge in [0, 0.05) is 24.3 Å². The van der Waals surface area contributed by atoms with Gasteiger partial charge in [-0.25, -0.2) is 0 Å². The van der Waals surface area contributed by atoms with Gasteiger partial charge in [-0.05, 0) is 47.3 Å². The summed E-state index contributed by atoms with van der Waals surface area (Å²) in [7, 11) is 0. The van der Waals surface area contributed by atoms with Crippen molar-refractivity contribution in [2.45, 2.75) is 71.6 Å². The predicted octanol–water partition coefficient (Wildman–Crippen LogP) is 5.02. The molecule has 0 aliphatic heterocycles. The molecule has 1 fully saturated rings. The number of hydrogen-bond acceptors (Lipinski definition) is 3. The molecule has 1 aromatic carbocycles. The molecule has 0 amide bonds. The van der Waals surface area contributed by atoms with Crippen molar-refractivity contribution in [3.63, 3.8) is 0 Å². The van der Waals surface area contributed by atoms with E-state index in [4.69, 9.17) is 4.74 Å². The SMILES string of the molecule is CC(=O)OC[C@]1(C)CCC[C@]2(C)c3ccc(C(C)C)cc3C(=O)C[C@H]12. The molecule has 136 valence electrons. The average Bonchev–Trinajstić information content (AvgIpc) is 2.55. The Kier molecular flexibility index (Phi) is 4.55. The number of hydrogen-bond donors (Lipinski definition) is 0. The quantitative estimate of drug-likeness (QED) is 0.724. The minimum absolute atomic E-state index is 0.0219. The van der Waals surface area contributed by atoms with Gasteiger partial charge in [-0.2, -0.15) is 0 Å². The summed E-state index contributed by atoms with van der Waals surface area (Å²) < 4.78 is 5.40. The van der Waals surface area contributed by atoms with Crippen molar-refractivity contribution in [1.82, 2.24) is 0 Å². The fraction of sp³-hybridized carbons (Fsp3) is 0.636. The Hall–Kier alpha value is -1.64. The number of esters is 1. The van der Waals surface area contributed by atoms with E-state index in [1.807, 2.05) is 0 Å². The Morgan fingerprint density at radius 2 is 2.00 bits per heavy atom. The van der Waals surface area contributed by atoms with Gasteiger partial charge < -0.3 is 4.74 Å². The van der Waals surface area contributed by atoms with E-state index in [1.165, 1.54) is 18.1 Å². The number of ether oxygens (including phenoxy) is 1.